The van der Waals surface area contributed by atoms with Gasteiger partial charge in [0.15, 0.2) is 6.61 Å². The molecule has 0 unspecified atom stereocenters. The number of esters is 1. The number of amides is 1. The fourth-order valence-electron chi connectivity index (χ4n) is 1.94. The van der Waals surface area contributed by atoms with Crippen molar-refractivity contribution in [3.05, 3.63) is 63.1 Å². The van der Waals surface area contributed by atoms with Gasteiger partial charge in [-0.3, -0.25) is 4.79 Å². The fraction of sp³-hybridized carbons (Fsp3) is 0.176. The molecule has 7 heteroatoms. The molecule has 2 aromatic carbocycles. The number of hydrogen-bond donors (Lipinski definition) is 1. The lowest BCUT2D eigenvalue weighted by molar-refractivity contribution is -0.124. The second kappa shape index (κ2) is 8.70. The molecule has 126 valence electrons. The zero-order valence-electron chi connectivity index (χ0n) is 12.8. The van der Waals surface area contributed by atoms with Crippen LogP contribution in [0.1, 0.15) is 15.9 Å². The third kappa shape index (κ3) is 5.25. The number of hydrogen-bond acceptors (Lipinski definition) is 4. The van der Waals surface area contributed by atoms with E-state index in [0.717, 1.165) is 10.0 Å². The second-order valence-electron chi connectivity index (χ2n) is 4.83. The van der Waals surface area contributed by atoms with Crippen molar-refractivity contribution in [3.63, 3.8) is 0 Å². The van der Waals surface area contributed by atoms with E-state index in [1.54, 1.807) is 6.07 Å². The number of carbonyl (C=O) groups is 2. The minimum absolute atomic E-state index is 0.210. The van der Waals surface area contributed by atoms with Crippen LogP contribution in [0.5, 0.6) is 5.75 Å². The molecule has 5 nitrogen and oxygen atoms in total. The Hall–Kier alpha value is -2.05. The van der Waals surface area contributed by atoms with Crippen LogP contribution in [0, 0.1) is 0 Å². The van der Waals surface area contributed by atoms with E-state index in [1.165, 1.54) is 19.2 Å². The normalized spacial score (nSPS) is 10.1. The molecule has 0 aliphatic carbocycles. The largest absolute Gasteiger partial charge is 0.496 e. The summed E-state index contributed by atoms with van der Waals surface area (Å²) >= 11 is 9.20. The van der Waals surface area contributed by atoms with Gasteiger partial charge in [-0.25, -0.2) is 4.79 Å². The molecule has 0 saturated carbocycles. The van der Waals surface area contributed by atoms with Gasteiger partial charge in [0.25, 0.3) is 5.91 Å². The molecule has 0 aliphatic heterocycles. The van der Waals surface area contributed by atoms with Crippen molar-refractivity contribution in [2.24, 2.45) is 0 Å². The zero-order chi connectivity index (χ0) is 17.5. The lowest BCUT2D eigenvalue weighted by atomic mass is 10.2. The molecular weight excluding hydrogens is 398 g/mol. The maximum atomic E-state index is 12.0. The number of rotatable bonds is 6. The molecule has 1 N–H and O–H groups in total. The van der Waals surface area contributed by atoms with E-state index in [1.807, 2.05) is 24.3 Å². The van der Waals surface area contributed by atoms with Gasteiger partial charge in [-0.15, -0.1) is 0 Å². The molecule has 0 aromatic heterocycles. The Kier molecular flexibility index (Phi) is 6.63. The zero-order valence-corrected chi connectivity index (χ0v) is 15.2. The summed E-state index contributed by atoms with van der Waals surface area (Å²) < 4.78 is 11.0. The number of halogens is 2. The molecule has 2 aromatic rings. The van der Waals surface area contributed by atoms with Crippen molar-refractivity contribution in [2.45, 2.75) is 6.54 Å². The summed E-state index contributed by atoms with van der Waals surface area (Å²) in [4.78, 5) is 23.8. The molecule has 0 bridgehead atoms. The topological polar surface area (TPSA) is 64.6 Å². The smallest absolute Gasteiger partial charge is 0.342 e. The van der Waals surface area contributed by atoms with Crippen LogP contribution in [0.4, 0.5) is 0 Å². The minimum Gasteiger partial charge on any atom is -0.496 e. The number of ether oxygens (including phenoxy) is 2. The molecular formula is C17H15BrClNO4. The lowest BCUT2D eigenvalue weighted by Gasteiger charge is -2.09. The number of methoxy groups -OCH3 is 1. The Morgan fingerprint density at radius 2 is 2.00 bits per heavy atom. The fourth-order valence-corrected chi connectivity index (χ4v) is 2.55. The Morgan fingerprint density at radius 1 is 1.21 bits per heavy atom. The highest BCUT2D eigenvalue weighted by molar-refractivity contribution is 9.10. The summed E-state index contributed by atoms with van der Waals surface area (Å²) in [5, 5.41) is 3.12. The van der Waals surface area contributed by atoms with E-state index in [-0.39, 0.29) is 12.2 Å². The van der Waals surface area contributed by atoms with Gasteiger partial charge in [0, 0.05) is 16.0 Å². The Bertz CT molecular complexity index is 751. The first kappa shape index (κ1) is 18.3. The summed E-state index contributed by atoms with van der Waals surface area (Å²) in [6.45, 7) is -0.0291. The summed E-state index contributed by atoms with van der Waals surface area (Å²) in [6.07, 6.45) is 0. The third-order valence-corrected chi connectivity index (χ3v) is 3.82. The second-order valence-corrected chi connectivity index (χ2v) is 6.18. The van der Waals surface area contributed by atoms with Crippen LogP contribution in [0.15, 0.2) is 46.9 Å². The molecule has 0 spiro atoms. The molecule has 24 heavy (non-hydrogen) atoms. The van der Waals surface area contributed by atoms with Crippen molar-refractivity contribution in [1.29, 1.82) is 0 Å². The SMILES string of the molecule is COc1cc(Cl)ccc1C(=O)OCC(=O)NCc1cccc(Br)c1. The van der Waals surface area contributed by atoms with Crippen molar-refractivity contribution < 1.29 is 19.1 Å². The quantitative estimate of drug-likeness (QED) is 0.737. The predicted molar refractivity (Wildman–Crippen MR) is 94.3 cm³/mol. The molecule has 0 radical (unpaired) electrons. The predicted octanol–water partition coefficient (Wildman–Crippen LogP) is 3.58. The van der Waals surface area contributed by atoms with Crippen LogP contribution in [-0.4, -0.2) is 25.6 Å². The Balaban J connectivity index is 1.86. The molecule has 2 rings (SSSR count). The summed E-state index contributed by atoms with van der Waals surface area (Å²) in [6, 6.07) is 12.1. The maximum absolute atomic E-state index is 12.0. The van der Waals surface area contributed by atoms with Crippen LogP contribution >= 0.6 is 27.5 Å². The lowest BCUT2D eigenvalue weighted by Crippen LogP contribution is -2.28. The van der Waals surface area contributed by atoms with Gasteiger partial charge in [-0.1, -0.05) is 39.7 Å². The van der Waals surface area contributed by atoms with Crippen LogP contribution in [0.2, 0.25) is 5.02 Å². The Labute approximate surface area is 153 Å². The third-order valence-electron chi connectivity index (χ3n) is 3.10. The average Bonchev–Trinajstić information content (AvgIpc) is 2.57. The van der Waals surface area contributed by atoms with Gasteiger partial charge >= 0.3 is 5.97 Å². The first-order chi connectivity index (χ1) is 11.5. The highest BCUT2D eigenvalue weighted by Crippen LogP contribution is 2.23. The molecule has 0 atom stereocenters. The molecule has 0 heterocycles. The van der Waals surface area contributed by atoms with E-state index in [0.29, 0.717) is 17.3 Å². The number of nitrogens with one attached hydrogen (secondary N) is 1. The molecule has 0 saturated heterocycles. The van der Waals surface area contributed by atoms with Gasteiger partial charge in [0.2, 0.25) is 0 Å². The van der Waals surface area contributed by atoms with Crippen LogP contribution < -0.4 is 10.1 Å². The van der Waals surface area contributed by atoms with E-state index < -0.39 is 11.9 Å². The van der Waals surface area contributed by atoms with Crippen molar-refractivity contribution >= 4 is 39.4 Å². The minimum atomic E-state index is -0.652. The van der Waals surface area contributed by atoms with Crippen molar-refractivity contribution in [3.8, 4) is 5.75 Å². The van der Waals surface area contributed by atoms with Gasteiger partial charge in [0.05, 0.1) is 7.11 Å². The first-order valence-electron chi connectivity index (χ1n) is 7.01. The number of carbonyl (C=O) groups excluding carboxylic acids is 2. The van der Waals surface area contributed by atoms with Crippen LogP contribution in [0.25, 0.3) is 0 Å². The van der Waals surface area contributed by atoms with E-state index >= 15 is 0 Å². The van der Waals surface area contributed by atoms with Gasteiger partial charge < -0.3 is 14.8 Å². The summed E-state index contributed by atoms with van der Waals surface area (Å²) in [7, 11) is 1.42. The van der Waals surface area contributed by atoms with Gasteiger partial charge in [-0.2, -0.15) is 0 Å². The maximum Gasteiger partial charge on any atom is 0.342 e. The van der Waals surface area contributed by atoms with Gasteiger partial charge in [-0.05, 0) is 35.9 Å². The standard InChI is InChI=1S/C17H15BrClNO4/c1-23-15-8-13(19)5-6-14(15)17(22)24-10-16(21)20-9-11-3-2-4-12(18)7-11/h2-8H,9-10H2,1H3,(H,20,21). The van der Waals surface area contributed by atoms with E-state index in [2.05, 4.69) is 21.2 Å². The van der Waals surface area contributed by atoms with Crippen molar-refractivity contribution in [1.82, 2.24) is 5.32 Å². The average molecular weight is 413 g/mol. The number of benzene rings is 2. The van der Waals surface area contributed by atoms with Crippen LogP contribution in [0.3, 0.4) is 0 Å². The summed E-state index contributed by atoms with van der Waals surface area (Å²) in [5.41, 5.74) is 1.14. The Morgan fingerprint density at radius 3 is 2.71 bits per heavy atom. The molecule has 0 aliphatic rings. The highest BCUT2D eigenvalue weighted by Gasteiger charge is 2.15. The molecule has 1 amide bonds. The van der Waals surface area contributed by atoms with Crippen molar-refractivity contribution in [2.75, 3.05) is 13.7 Å². The summed E-state index contributed by atoms with van der Waals surface area (Å²) in [5.74, 6) is -0.751. The van der Waals surface area contributed by atoms with E-state index in [4.69, 9.17) is 21.1 Å². The molecule has 0 fully saturated rings. The van der Waals surface area contributed by atoms with E-state index in [9.17, 15) is 9.59 Å². The highest BCUT2D eigenvalue weighted by atomic mass is 79.9. The van der Waals surface area contributed by atoms with Gasteiger partial charge in [0.1, 0.15) is 11.3 Å². The van der Waals surface area contributed by atoms with Crippen LogP contribution in [-0.2, 0) is 16.1 Å². The monoisotopic (exact) mass is 411 g/mol. The first-order valence-corrected chi connectivity index (χ1v) is 8.18.